The smallest absolute Gasteiger partial charge is 0.257 e. The Morgan fingerprint density at radius 1 is 1.53 bits per heavy atom. The van der Waals surface area contributed by atoms with Gasteiger partial charge in [-0.2, -0.15) is 0 Å². The Morgan fingerprint density at radius 2 is 2.29 bits per heavy atom. The number of benzene rings is 1. The average Bonchev–Trinajstić information content (AvgIpc) is 2.76. The summed E-state index contributed by atoms with van der Waals surface area (Å²) in [5.74, 6) is 0.163. The average molecular weight is 294 g/mol. The lowest BCUT2D eigenvalue weighted by Crippen LogP contribution is -2.34. The van der Waals surface area contributed by atoms with Crippen LogP contribution in [0.3, 0.4) is 0 Å². The van der Waals surface area contributed by atoms with Gasteiger partial charge in [0.15, 0.2) is 4.84 Å². The summed E-state index contributed by atoms with van der Waals surface area (Å²) in [6, 6.07) is 6.23. The molecule has 1 saturated heterocycles. The first-order chi connectivity index (χ1) is 8.09. The first kappa shape index (κ1) is 13.0. The molecular formula is C11H10Cl2FNOS. The van der Waals surface area contributed by atoms with Crippen molar-refractivity contribution in [2.75, 3.05) is 12.3 Å². The highest BCUT2D eigenvalue weighted by Gasteiger charge is 2.33. The third-order valence-corrected chi connectivity index (χ3v) is 4.13. The second-order valence-electron chi connectivity index (χ2n) is 3.61. The van der Waals surface area contributed by atoms with Gasteiger partial charge in [-0.1, -0.05) is 35.3 Å². The summed E-state index contributed by atoms with van der Waals surface area (Å²) in [6.45, 7) is 0.584. The van der Waals surface area contributed by atoms with E-state index in [2.05, 4.69) is 0 Å². The van der Waals surface area contributed by atoms with Crippen molar-refractivity contribution < 1.29 is 9.18 Å². The van der Waals surface area contributed by atoms with E-state index >= 15 is 0 Å². The van der Waals surface area contributed by atoms with Gasteiger partial charge in [-0.3, -0.25) is 4.79 Å². The summed E-state index contributed by atoms with van der Waals surface area (Å²) < 4.78 is 13.1. The zero-order valence-corrected chi connectivity index (χ0v) is 11.1. The molecule has 1 amide bonds. The molecule has 1 atom stereocenters. The number of amides is 1. The summed E-state index contributed by atoms with van der Waals surface area (Å²) in [5, 5.41) is -0.196. The molecule has 17 heavy (non-hydrogen) atoms. The summed E-state index contributed by atoms with van der Waals surface area (Å²) in [4.78, 5) is 12.3. The lowest BCUT2D eigenvalue weighted by Gasteiger charge is -2.24. The van der Waals surface area contributed by atoms with Crippen molar-refractivity contribution in [3.05, 3.63) is 35.6 Å². The number of carbonyl (C=O) groups is 1. The van der Waals surface area contributed by atoms with E-state index in [9.17, 15) is 9.18 Å². The quantitative estimate of drug-likeness (QED) is 0.781. The zero-order valence-electron chi connectivity index (χ0n) is 8.78. The normalized spacial score (nSPS) is 20.0. The van der Waals surface area contributed by atoms with Crippen LogP contribution in [0.4, 0.5) is 4.39 Å². The SMILES string of the molecule is O=C(C(Cl)Cl)N1CCS[C@H]1c1cccc(F)c1. The maximum absolute atomic E-state index is 13.1. The molecule has 0 radical (unpaired) electrons. The van der Waals surface area contributed by atoms with Crippen LogP contribution >= 0.6 is 35.0 Å². The van der Waals surface area contributed by atoms with Gasteiger partial charge in [-0.05, 0) is 17.7 Å². The van der Waals surface area contributed by atoms with E-state index in [1.807, 2.05) is 0 Å². The van der Waals surface area contributed by atoms with Gasteiger partial charge in [0.25, 0.3) is 5.91 Å². The fourth-order valence-corrected chi connectivity index (χ4v) is 3.26. The minimum Gasteiger partial charge on any atom is -0.323 e. The Balaban J connectivity index is 2.23. The zero-order chi connectivity index (χ0) is 12.4. The Hall–Kier alpha value is -0.450. The number of thioether (sulfide) groups is 1. The van der Waals surface area contributed by atoms with E-state index < -0.39 is 4.84 Å². The molecule has 6 heteroatoms. The molecule has 0 saturated carbocycles. The van der Waals surface area contributed by atoms with Crippen LogP contribution < -0.4 is 0 Å². The minimum atomic E-state index is -1.07. The summed E-state index contributed by atoms with van der Waals surface area (Å²) in [7, 11) is 0. The van der Waals surface area contributed by atoms with Gasteiger partial charge in [0.05, 0.1) is 0 Å². The maximum Gasteiger partial charge on any atom is 0.257 e. The monoisotopic (exact) mass is 293 g/mol. The third kappa shape index (κ3) is 2.87. The number of hydrogen-bond donors (Lipinski definition) is 0. The van der Waals surface area contributed by atoms with Crippen molar-refractivity contribution in [2.45, 2.75) is 10.2 Å². The Morgan fingerprint density at radius 3 is 2.94 bits per heavy atom. The highest BCUT2D eigenvalue weighted by atomic mass is 35.5. The molecule has 0 N–H and O–H groups in total. The fourth-order valence-electron chi connectivity index (χ4n) is 1.76. The van der Waals surface area contributed by atoms with Crippen molar-refractivity contribution in [2.24, 2.45) is 0 Å². The van der Waals surface area contributed by atoms with Crippen molar-refractivity contribution in [3.8, 4) is 0 Å². The number of nitrogens with zero attached hydrogens (tertiary/aromatic N) is 1. The van der Waals surface area contributed by atoms with Gasteiger partial charge in [0.1, 0.15) is 11.2 Å². The van der Waals surface area contributed by atoms with Crippen molar-refractivity contribution >= 4 is 40.9 Å². The van der Waals surface area contributed by atoms with Crippen LogP contribution in [0.2, 0.25) is 0 Å². The molecule has 1 aliphatic heterocycles. The maximum atomic E-state index is 13.1. The Kier molecular flexibility index (Phi) is 4.17. The van der Waals surface area contributed by atoms with Gasteiger partial charge in [0, 0.05) is 12.3 Å². The molecule has 1 heterocycles. The van der Waals surface area contributed by atoms with Gasteiger partial charge in [-0.15, -0.1) is 11.8 Å². The summed E-state index contributed by atoms with van der Waals surface area (Å²) >= 11 is 12.7. The predicted octanol–water partition coefficient (Wildman–Crippen LogP) is 3.20. The molecule has 0 unspecified atom stereocenters. The number of halogens is 3. The van der Waals surface area contributed by atoms with E-state index in [1.54, 1.807) is 28.8 Å². The van der Waals surface area contributed by atoms with Gasteiger partial charge in [0.2, 0.25) is 0 Å². The second kappa shape index (κ2) is 5.46. The van der Waals surface area contributed by atoms with E-state index in [-0.39, 0.29) is 17.1 Å². The fraction of sp³-hybridized carbons (Fsp3) is 0.364. The van der Waals surface area contributed by atoms with E-state index in [1.165, 1.54) is 12.1 Å². The highest BCUT2D eigenvalue weighted by Crippen LogP contribution is 2.38. The highest BCUT2D eigenvalue weighted by molar-refractivity contribution is 7.99. The first-order valence-electron chi connectivity index (χ1n) is 5.05. The van der Waals surface area contributed by atoms with Crippen molar-refractivity contribution in [1.29, 1.82) is 0 Å². The predicted molar refractivity (Wildman–Crippen MR) is 68.8 cm³/mol. The van der Waals surface area contributed by atoms with E-state index in [0.717, 1.165) is 11.3 Å². The van der Waals surface area contributed by atoms with Crippen LogP contribution in [0, 0.1) is 5.82 Å². The molecule has 2 nitrogen and oxygen atoms in total. The lowest BCUT2D eigenvalue weighted by atomic mass is 10.2. The van der Waals surface area contributed by atoms with Gasteiger partial charge in [-0.25, -0.2) is 4.39 Å². The Bertz CT molecular complexity index is 430. The van der Waals surface area contributed by atoms with Gasteiger partial charge < -0.3 is 4.90 Å². The van der Waals surface area contributed by atoms with Crippen molar-refractivity contribution in [3.63, 3.8) is 0 Å². The van der Waals surface area contributed by atoms with Crippen molar-refractivity contribution in [1.82, 2.24) is 4.90 Å². The molecule has 1 aliphatic rings. The molecule has 0 spiro atoms. The minimum absolute atomic E-state index is 0.196. The van der Waals surface area contributed by atoms with Crippen LogP contribution in [0.15, 0.2) is 24.3 Å². The van der Waals surface area contributed by atoms with Gasteiger partial charge >= 0.3 is 0 Å². The van der Waals surface area contributed by atoms with Crippen LogP contribution in [0.25, 0.3) is 0 Å². The van der Waals surface area contributed by atoms with E-state index in [0.29, 0.717) is 6.54 Å². The van der Waals surface area contributed by atoms with Crippen LogP contribution in [-0.2, 0) is 4.79 Å². The molecule has 0 aliphatic carbocycles. The summed E-state index contributed by atoms with van der Waals surface area (Å²) in [6.07, 6.45) is 0. The lowest BCUT2D eigenvalue weighted by molar-refractivity contribution is -0.129. The topological polar surface area (TPSA) is 20.3 Å². The second-order valence-corrected chi connectivity index (χ2v) is 5.89. The molecule has 0 bridgehead atoms. The number of carbonyl (C=O) groups excluding carboxylic acids is 1. The van der Waals surface area contributed by atoms with Crippen LogP contribution in [0.5, 0.6) is 0 Å². The van der Waals surface area contributed by atoms with E-state index in [4.69, 9.17) is 23.2 Å². The standard InChI is InChI=1S/C11H10Cl2FNOS/c12-9(13)10(16)15-4-5-17-11(15)7-2-1-3-8(14)6-7/h1-3,6,9,11H,4-5H2/t11-/m0/s1. The molecule has 92 valence electrons. The molecule has 1 aromatic rings. The Labute approximate surface area is 113 Å². The first-order valence-corrected chi connectivity index (χ1v) is 6.97. The van der Waals surface area contributed by atoms with Crippen LogP contribution in [0.1, 0.15) is 10.9 Å². The number of rotatable bonds is 2. The molecule has 0 aromatic heterocycles. The molecular weight excluding hydrogens is 284 g/mol. The van der Waals surface area contributed by atoms with Crippen LogP contribution in [-0.4, -0.2) is 27.9 Å². The molecule has 1 aromatic carbocycles. The summed E-state index contributed by atoms with van der Waals surface area (Å²) in [5.41, 5.74) is 0.759. The number of alkyl halides is 2. The molecule has 2 rings (SSSR count). The molecule has 1 fully saturated rings. The largest absolute Gasteiger partial charge is 0.323 e. The third-order valence-electron chi connectivity index (χ3n) is 2.49. The number of hydrogen-bond acceptors (Lipinski definition) is 2.